The van der Waals surface area contributed by atoms with Crippen molar-refractivity contribution in [3.05, 3.63) is 52.0 Å². The zero-order valence-electron chi connectivity index (χ0n) is 16.8. The van der Waals surface area contributed by atoms with Crippen LogP contribution in [-0.4, -0.2) is 29.1 Å². The molecule has 7 heteroatoms. The largest absolute Gasteiger partial charge is 0.506 e. The second kappa shape index (κ2) is 11.5. The molecule has 2 aromatic carbocycles. The average molecular weight is 433 g/mol. The third kappa shape index (κ3) is 6.56. The van der Waals surface area contributed by atoms with Crippen LogP contribution in [0.1, 0.15) is 45.1 Å². The van der Waals surface area contributed by atoms with E-state index in [4.69, 9.17) is 33.5 Å². The van der Waals surface area contributed by atoms with Gasteiger partial charge in [-0.3, -0.25) is 0 Å². The Morgan fingerprint density at radius 3 is 2.41 bits per heavy atom. The van der Waals surface area contributed by atoms with Crippen molar-refractivity contribution in [3.63, 3.8) is 0 Å². The number of nitriles is 1. The molecule has 0 bridgehead atoms. The number of nitrogens with one attached hydrogen (secondary N) is 1. The Morgan fingerprint density at radius 1 is 1.14 bits per heavy atom. The summed E-state index contributed by atoms with van der Waals surface area (Å²) >= 11 is 12.5. The molecule has 0 amide bonds. The van der Waals surface area contributed by atoms with Crippen LogP contribution in [-0.2, 0) is 0 Å². The first-order valence-electron chi connectivity index (χ1n) is 9.77. The summed E-state index contributed by atoms with van der Waals surface area (Å²) in [5, 5.41) is 23.4. The summed E-state index contributed by atoms with van der Waals surface area (Å²) in [7, 11) is 0. The molecular weight excluding hydrogens is 407 g/mol. The van der Waals surface area contributed by atoms with Gasteiger partial charge in [0.1, 0.15) is 5.75 Å². The Hall–Kier alpha value is -2.42. The maximum absolute atomic E-state index is 10.3. The third-order valence-corrected chi connectivity index (χ3v) is 5.20. The van der Waals surface area contributed by atoms with Gasteiger partial charge in [-0.2, -0.15) is 5.26 Å². The Bertz CT molecular complexity index is 885. The van der Waals surface area contributed by atoms with Crippen molar-refractivity contribution >= 4 is 40.5 Å². The van der Waals surface area contributed by atoms with Crippen LogP contribution < -0.4 is 5.32 Å². The lowest BCUT2D eigenvalue weighted by Gasteiger charge is -2.27. The van der Waals surface area contributed by atoms with Crippen LogP contribution >= 0.6 is 23.2 Å². The number of aromatic hydroxyl groups is 1. The van der Waals surface area contributed by atoms with E-state index in [0.717, 1.165) is 38.8 Å². The van der Waals surface area contributed by atoms with Crippen LogP contribution in [0.5, 0.6) is 5.75 Å². The smallest absolute Gasteiger partial charge is 0.203 e. The Balaban J connectivity index is 2.47. The van der Waals surface area contributed by atoms with Crippen molar-refractivity contribution in [2.45, 2.75) is 39.5 Å². The number of hydrogen-bond acceptors (Lipinski definition) is 3. The summed E-state index contributed by atoms with van der Waals surface area (Å²) in [6.45, 7) is 5.92. The fraction of sp³-hybridized carbons (Fsp3) is 0.364. The molecule has 0 fully saturated rings. The first-order valence-corrected chi connectivity index (χ1v) is 10.5. The van der Waals surface area contributed by atoms with E-state index in [2.05, 4.69) is 24.1 Å². The zero-order valence-corrected chi connectivity index (χ0v) is 18.3. The number of guanidine groups is 1. The number of nitrogens with zero attached hydrogens (tertiary/aromatic N) is 3. The van der Waals surface area contributed by atoms with Crippen LogP contribution in [0.2, 0.25) is 10.0 Å². The summed E-state index contributed by atoms with van der Waals surface area (Å²) in [5.74, 6) is 0.566. The Morgan fingerprint density at radius 2 is 1.83 bits per heavy atom. The monoisotopic (exact) mass is 432 g/mol. The number of hydrogen-bond donors (Lipinski definition) is 2. The number of rotatable bonds is 8. The standard InChI is InChI=1S/C22H26Cl2N4O/c1-3-5-12-28(13-6-4-2)22(27-19-9-7-8-17(23)21(19)24)26-18-11-10-16(15-25)14-20(18)29/h7-11,14,29H,3-6,12-13H2,1-2H3,(H,26,27). The molecule has 0 heterocycles. The second-order valence-corrected chi connectivity index (χ2v) is 7.46. The summed E-state index contributed by atoms with van der Waals surface area (Å²) in [6, 6.07) is 12.1. The molecular formula is C22H26Cl2N4O. The predicted octanol–water partition coefficient (Wildman–Crippen LogP) is 6.57. The van der Waals surface area contributed by atoms with E-state index < -0.39 is 0 Å². The van der Waals surface area contributed by atoms with Gasteiger partial charge in [0.25, 0.3) is 0 Å². The van der Waals surface area contributed by atoms with E-state index >= 15 is 0 Å². The molecule has 0 unspecified atom stereocenters. The van der Waals surface area contributed by atoms with Gasteiger partial charge in [0.05, 0.1) is 33.1 Å². The van der Waals surface area contributed by atoms with E-state index in [1.54, 1.807) is 30.3 Å². The van der Waals surface area contributed by atoms with E-state index in [1.165, 1.54) is 6.07 Å². The first-order chi connectivity index (χ1) is 14.0. The number of phenols is 1. The molecule has 154 valence electrons. The maximum atomic E-state index is 10.3. The van der Waals surface area contributed by atoms with Crippen LogP contribution in [0.15, 0.2) is 41.4 Å². The van der Waals surface area contributed by atoms with Crippen molar-refractivity contribution in [1.29, 1.82) is 5.26 Å². The van der Waals surface area contributed by atoms with Crippen LogP contribution in [0.4, 0.5) is 11.4 Å². The summed E-state index contributed by atoms with van der Waals surface area (Å²) in [4.78, 5) is 6.90. The van der Waals surface area contributed by atoms with Crippen molar-refractivity contribution in [1.82, 2.24) is 4.90 Å². The lowest BCUT2D eigenvalue weighted by molar-refractivity contribution is 0.397. The quantitative estimate of drug-likeness (QED) is 0.281. The van der Waals surface area contributed by atoms with Crippen molar-refractivity contribution in [2.24, 2.45) is 4.99 Å². The van der Waals surface area contributed by atoms with E-state index in [-0.39, 0.29) is 5.75 Å². The average Bonchev–Trinajstić information content (AvgIpc) is 2.72. The summed E-state index contributed by atoms with van der Waals surface area (Å²) in [6.07, 6.45) is 4.12. The van der Waals surface area contributed by atoms with Gasteiger partial charge in [-0.1, -0.05) is 56.0 Å². The molecule has 0 aromatic heterocycles. The number of benzene rings is 2. The molecule has 2 aromatic rings. The van der Waals surface area contributed by atoms with E-state index in [0.29, 0.717) is 32.9 Å². The highest BCUT2D eigenvalue weighted by Gasteiger charge is 2.15. The molecule has 0 atom stereocenters. The molecule has 0 aliphatic carbocycles. The van der Waals surface area contributed by atoms with Gasteiger partial charge < -0.3 is 15.3 Å². The van der Waals surface area contributed by atoms with Crippen molar-refractivity contribution in [3.8, 4) is 11.8 Å². The van der Waals surface area contributed by atoms with Gasteiger partial charge in [-0.05, 0) is 43.2 Å². The number of halogens is 2. The number of unbranched alkanes of at least 4 members (excludes halogenated alkanes) is 2. The molecule has 2 rings (SSSR count). The summed E-state index contributed by atoms with van der Waals surface area (Å²) in [5.41, 5.74) is 1.41. The topological polar surface area (TPSA) is 71.7 Å². The molecule has 0 aliphatic rings. The van der Waals surface area contributed by atoms with Gasteiger partial charge in [-0.15, -0.1) is 0 Å². The Labute approximate surface area is 182 Å². The highest BCUT2D eigenvalue weighted by atomic mass is 35.5. The van der Waals surface area contributed by atoms with Crippen molar-refractivity contribution in [2.75, 3.05) is 18.4 Å². The molecule has 0 saturated carbocycles. The molecule has 0 aliphatic heterocycles. The van der Waals surface area contributed by atoms with Gasteiger partial charge in [-0.25, -0.2) is 4.99 Å². The van der Waals surface area contributed by atoms with E-state index in [9.17, 15) is 5.11 Å². The normalized spacial score (nSPS) is 11.2. The first kappa shape index (κ1) is 22.9. The molecule has 29 heavy (non-hydrogen) atoms. The fourth-order valence-electron chi connectivity index (χ4n) is 2.72. The van der Waals surface area contributed by atoms with Gasteiger partial charge >= 0.3 is 0 Å². The lowest BCUT2D eigenvalue weighted by atomic mass is 10.2. The van der Waals surface area contributed by atoms with Gasteiger partial charge in [0.15, 0.2) is 0 Å². The predicted molar refractivity (Wildman–Crippen MR) is 121 cm³/mol. The van der Waals surface area contributed by atoms with Crippen LogP contribution in [0, 0.1) is 11.3 Å². The number of aliphatic imine (C=N–C) groups is 1. The second-order valence-electron chi connectivity index (χ2n) is 6.67. The molecule has 0 saturated heterocycles. The van der Waals surface area contributed by atoms with Gasteiger partial charge in [0.2, 0.25) is 5.96 Å². The van der Waals surface area contributed by atoms with E-state index in [1.807, 2.05) is 6.07 Å². The SMILES string of the molecule is CCCCN(CCCC)C(=Nc1cccc(Cl)c1Cl)Nc1ccc(C#N)cc1O. The molecule has 2 N–H and O–H groups in total. The van der Waals surface area contributed by atoms with Gasteiger partial charge in [0, 0.05) is 13.1 Å². The van der Waals surface area contributed by atoms with Crippen LogP contribution in [0.3, 0.4) is 0 Å². The highest BCUT2D eigenvalue weighted by molar-refractivity contribution is 6.43. The number of phenolic OH excluding ortho intramolecular Hbond substituents is 1. The Kier molecular flexibility index (Phi) is 9.11. The molecule has 0 spiro atoms. The summed E-state index contributed by atoms with van der Waals surface area (Å²) < 4.78 is 0. The molecule has 0 radical (unpaired) electrons. The zero-order chi connectivity index (χ0) is 21.2. The van der Waals surface area contributed by atoms with Crippen molar-refractivity contribution < 1.29 is 5.11 Å². The number of anilines is 1. The minimum atomic E-state index is -0.0140. The fourth-order valence-corrected chi connectivity index (χ4v) is 3.06. The lowest BCUT2D eigenvalue weighted by Crippen LogP contribution is -2.38. The third-order valence-electron chi connectivity index (χ3n) is 4.39. The minimum Gasteiger partial charge on any atom is -0.506 e. The van der Waals surface area contributed by atoms with Crippen LogP contribution in [0.25, 0.3) is 0 Å². The minimum absolute atomic E-state index is 0.0140. The highest BCUT2D eigenvalue weighted by Crippen LogP contribution is 2.32. The molecule has 5 nitrogen and oxygen atoms in total. The maximum Gasteiger partial charge on any atom is 0.203 e.